The molecule has 0 N–H and O–H groups in total. The molecule has 0 bridgehead atoms. The minimum Gasteiger partial charge on any atom is -0.467 e. The Kier molecular flexibility index (Phi) is 5.63. The SMILES string of the molecule is COC(=O)[C@H](CC(C)C)n1cc(CC=O)c(=O)n(C)c1=O. The highest BCUT2D eigenvalue weighted by Crippen LogP contribution is 2.17. The van der Waals surface area contributed by atoms with Gasteiger partial charge in [0, 0.05) is 25.2 Å². The van der Waals surface area contributed by atoms with Gasteiger partial charge in [-0.3, -0.25) is 13.9 Å². The maximum Gasteiger partial charge on any atom is 0.331 e. The predicted molar refractivity (Wildman–Crippen MR) is 76.2 cm³/mol. The van der Waals surface area contributed by atoms with E-state index in [0.29, 0.717) is 12.7 Å². The molecule has 1 atom stereocenters. The summed E-state index contributed by atoms with van der Waals surface area (Å²) in [7, 11) is 2.56. The van der Waals surface area contributed by atoms with Crippen LogP contribution in [0.1, 0.15) is 31.9 Å². The summed E-state index contributed by atoms with van der Waals surface area (Å²) in [6.45, 7) is 3.82. The number of carbonyl (C=O) groups excluding carboxylic acids is 2. The van der Waals surface area contributed by atoms with E-state index in [1.807, 2.05) is 13.8 Å². The summed E-state index contributed by atoms with van der Waals surface area (Å²) in [6, 6.07) is -0.820. The Morgan fingerprint density at radius 3 is 2.48 bits per heavy atom. The topological polar surface area (TPSA) is 87.4 Å². The number of nitrogens with zero attached hydrogens (tertiary/aromatic N) is 2. The zero-order valence-electron chi connectivity index (χ0n) is 12.7. The van der Waals surface area contributed by atoms with Crippen molar-refractivity contribution in [2.75, 3.05) is 7.11 Å². The molecule has 21 heavy (non-hydrogen) atoms. The van der Waals surface area contributed by atoms with Crippen molar-refractivity contribution in [3.8, 4) is 0 Å². The quantitative estimate of drug-likeness (QED) is 0.547. The minimum absolute atomic E-state index is 0.109. The number of rotatable bonds is 6. The number of hydrogen-bond acceptors (Lipinski definition) is 5. The lowest BCUT2D eigenvalue weighted by atomic mass is 10.0. The lowest BCUT2D eigenvalue weighted by molar-refractivity contribution is -0.145. The molecule has 7 nitrogen and oxygen atoms in total. The van der Waals surface area contributed by atoms with E-state index in [-0.39, 0.29) is 17.9 Å². The van der Waals surface area contributed by atoms with Gasteiger partial charge < -0.3 is 9.53 Å². The monoisotopic (exact) mass is 296 g/mol. The summed E-state index contributed by atoms with van der Waals surface area (Å²) in [5, 5.41) is 0. The molecule has 1 aromatic heterocycles. The zero-order chi connectivity index (χ0) is 16.2. The molecule has 0 aromatic carbocycles. The maximum absolute atomic E-state index is 12.2. The average molecular weight is 296 g/mol. The summed E-state index contributed by atoms with van der Waals surface area (Å²) in [4.78, 5) is 46.7. The summed E-state index contributed by atoms with van der Waals surface area (Å²) in [5.74, 6) is -0.408. The normalized spacial score (nSPS) is 12.2. The lowest BCUT2D eigenvalue weighted by Crippen LogP contribution is -2.43. The molecule has 0 radical (unpaired) electrons. The molecule has 116 valence electrons. The van der Waals surface area contributed by atoms with Crippen LogP contribution in [-0.2, 0) is 27.8 Å². The Labute approximate surface area is 122 Å². The summed E-state index contributed by atoms with van der Waals surface area (Å²) in [5.41, 5.74) is -0.966. The maximum atomic E-state index is 12.2. The van der Waals surface area contributed by atoms with E-state index in [1.165, 1.54) is 24.9 Å². The Bertz CT molecular complexity index is 642. The number of esters is 1. The third-order valence-corrected chi connectivity index (χ3v) is 3.19. The fourth-order valence-corrected chi connectivity index (χ4v) is 2.11. The van der Waals surface area contributed by atoms with Crippen LogP contribution in [0.2, 0.25) is 0 Å². The molecule has 0 spiro atoms. The molecule has 1 heterocycles. The molecule has 0 saturated carbocycles. The van der Waals surface area contributed by atoms with Crippen LogP contribution in [0.15, 0.2) is 15.8 Å². The van der Waals surface area contributed by atoms with Crippen molar-refractivity contribution in [1.29, 1.82) is 0 Å². The second kappa shape index (κ2) is 7.01. The van der Waals surface area contributed by atoms with Gasteiger partial charge in [0.2, 0.25) is 0 Å². The van der Waals surface area contributed by atoms with Crippen LogP contribution in [0, 0.1) is 5.92 Å². The molecule has 0 aliphatic rings. The number of ether oxygens (including phenoxy) is 1. The second-order valence-corrected chi connectivity index (χ2v) is 5.25. The van der Waals surface area contributed by atoms with Crippen LogP contribution in [0.5, 0.6) is 0 Å². The van der Waals surface area contributed by atoms with Gasteiger partial charge in [0.15, 0.2) is 0 Å². The van der Waals surface area contributed by atoms with Crippen molar-refractivity contribution in [2.45, 2.75) is 32.7 Å². The number of aldehydes is 1. The lowest BCUT2D eigenvalue weighted by Gasteiger charge is -2.20. The minimum atomic E-state index is -0.820. The van der Waals surface area contributed by atoms with Gasteiger partial charge in [-0.2, -0.15) is 0 Å². The molecule has 0 saturated heterocycles. The van der Waals surface area contributed by atoms with E-state index in [1.54, 1.807) is 0 Å². The standard InChI is InChI=1S/C14H20N2O5/c1-9(2)7-11(13(19)21-4)16-8-10(5-6-17)12(18)15(3)14(16)20/h6,8-9,11H,5,7H2,1-4H3/t11-/m0/s1. The summed E-state index contributed by atoms with van der Waals surface area (Å²) >= 11 is 0. The van der Waals surface area contributed by atoms with Gasteiger partial charge >= 0.3 is 11.7 Å². The molecule has 0 unspecified atom stereocenters. The van der Waals surface area contributed by atoms with Crippen molar-refractivity contribution in [3.05, 3.63) is 32.6 Å². The third kappa shape index (κ3) is 3.68. The largest absolute Gasteiger partial charge is 0.467 e. The van der Waals surface area contributed by atoms with E-state index in [4.69, 9.17) is 4.74 Å². The Balaban J connectivity index is 3.50. The van der Waals surface area contributed by atoms with Crippen LogP contribution < -0.4 is 11.2 Å². The molecular weight excluding hydrogens is 276 g/mol. The van der Waals surface area contributed by atoms with Crippen molar-refractivity contribution in [3.63, 3.8) is 0 Å². The second-order valence-electron chi connectivity index (χ2n) is 5.25. The number of carbonyl (C=O) groups is 2. The van der Waals surface area contributed by atoms with Crippen LogP contribution >= 0.6 is 0 Å². The van der Waals surface area contributed by atoms with E-state index in [0.717, 1.165) is 4.57 Å². The molecule has 1 aromatic rings. The van der Waals surface area contributed by atoms with E-state index < -0.39 is 23.3 Å². The van der Waals surface area contributed by atoms with E-state index in [9.17, 15) is 19.2 Å². The first-order valence-corrected chi connectivity index (χ1v) is 6.66. The Morgan fingerprint density at radius 2 is 2.00 bits per heavy atom. The Hall–Kier alpha value is -2.18. The molecule has 0 fully saturated rings. The first kappa shape index (κ1) is 16.9. The molecule has 0 aliphatic heterocycles. The van der Waals surface area contributed by atoms with Crippen molar-refractivity contribution in [1.82, 2.24) is 9.13 Å². The van der Waals surface area contributed by atoms with E-state index >= 15 is 0 Å². The highest BCUT2D eigenvalue weighted by Gasteiger charge is 2.25. The first-order chi connectivity index (χ1) is 9.83. The van der Waals surface area contributed by atoms with Gasteiger partial charge in [-0.1, -0.05) is 13.8 Å². The molecule has 0 amide bonds. The van der Waals surface area contributed by atoms with Gasteiger partial charge in [0.25, 0.3) is 5.56 Å². The third-order valence-electron chi connectivity index (χ3n) is 3.19. The molecule has 0 aliphatic carbocycles. The number of methoxy groups -OCH3 is 1. The first-order valence-electron chi connectivity index (χ1n) is 6.66. The van der Waals surface area contributed by atoms with Crippen LogP contribution in [0.25, 0.3) is 0 Å². The van der Waals surface area contributed by atoms with Gasteiger partial charge in [-0.05, 0) is 12.3 Å². The number of aromatic nitrogens is 2. The van der Waals surface area contributed by atoms with Crippen molar-refractivity contribution < 1.29 is 14.3 Å². The highest BCUT2D eigenvalue weighted by atomic mass is 16.5. The van der Waals surface area contributed by atoms with Gasteiger partial charge in [0.1, 0.15) is 12.3 Å². The Morgan fingerprint density at radius 1 is 1.38 bits per heavy atom. The predicted octanol–water partition coefficient (Wildman–Crippen LogP) is 0.0486. The van der Waals surface area contributed by atoms with Crippen molar-refractivity contribution in [2.24, 2.45) is 13.0 Å². The fourth-order valence-electron chi connectivity index (χ4n) is 2.11. The molecule has 7 heteroatoms. The van der Waals surface area contributed by atoms with Gasteiger partial charge in [0.05, 0.1) is 7.11 Å². The summed E-state index contributed by atoms with van der Waals surface area (Å²) < 4.78 is 6.81. The summed E-state index contributed by atoms with van der Waals surface area (Å²) in [6.07, 6.45) is 2.15. The molecular formula is C14H20N2O5. The zero-order valence-corrected chi connectivity index (χ0v) is 12.7. The highest BCUT2D eigenvalue weighted by molar-refractivity contribution is 5.74. The smallest absolute Gasteiger partial charge is 0.331 e. The fraction of sp³-hybridized carbons (Fsp3) is 0.571. The van der Waals surface area contributed by atoms with Crippen LogP contribution in [0.4, 0.5) is 0 Å². The van der Waals surface area contributed by atoms with Crippen molar-refractivity contribution >= 4 is 12.3 Å². The average Bonchev–Trinajstić information content (AvgIpc) is 2.45. The number of hydrogen-bond donors (Lipinski definition) is 0. The molecule has 1 rings (SSSR count). The van der Waals surface area contributed by atoms with Gasteiger partial charge in [-0.25, -0.2) is 9.59 Å². The van der Waals surface area contributed by atoms with Crippen LogP contribution in [0.3, 0.4) is 0 Å². The van der Waals surface area contributed by atoms with Crippen LogP contribution in [-0.4, -0.2) is 28.5 Å². The van der Waals surface area contributed by atoms with E-state index in [2.05, 4.69) is 0 Å². The van der Waals surface area contributed by atoms with Gasteiger partial charge in [-0.15, -0.1) is 0 Å².